The third kappa shape index (κ3) is 4.26. The quantitative estimate of drug-likeness (QED) is 0.788. The first-order valence-electron chi connectivity index (χ1n) is 8.95. The Bertz CT molecular complexity index is 957. The Kier molecular flexibility index (Phi) is 5.46. The van der Waals surface area contributed by atoms with Crippen LogP contribution < -0.4 is 14.8 Å². The molecule has 0 radical (unpaired) electrons. The summed E-state index contributed by atoms with van der Waals surface area (Å²) in [5.41, 5.74) is 5.16. The molecule has 0 bridgehead atoms. The van der Waals surface area contributed by atoms with Crippen molar-refractivity contribution in [2.24, 2.45) is 5.14 Å². The van der Waals surface area contributed by atoms with Gasteiger partial charge in [0.1, 0.15) is 18.5 Å². The Morgan fingerprint density at radius 3 is 2.59 bits per heavy atom. The van der Waals surface area contributed by atoms with E-state index < -0.39 is 16.1 Å². The highest BCUT2D eigenvalue weighted by atomic mass is 32.2. The molecule has 0 saturated heterocycles. The molecule has 1 aliphatic rings. The summed E-state index contributed by atoms with van der Waals surface area (Å²) in [4.78, 5) is 2.17. The minimum atomic E-state index is -3.70. The number of anilines is 1. The third-order valence-electron chi connectivity index (χ3n) is 5.10. The number of aliphatic hydroxyl groups excluding tert-OH is 1. The zero-order chi connectivity index (χ0) is 19.8. The number of β-amino-alcohol motifs (C(OH)–C–C–N with tert-alkyl or cyclic N) is 1. The summed E-state index contributed by atoms with van der Waals surface area (Å²) in [6, 6.07) is 8.96. The lowest BCUT2D eigenvalue weighted by atomic mass is 10.1. The van der Waals surface area contributed by atoms with E-state index in [9.17, 15) is 13.5 Å². The topological polar surface area (TPSA) is 92.9 Å². The second kappa shape index (κ2) is 7.50. The van der Waals surface area contributed by atoms with Gasteiger partial charge in [0.2, 0.25) is 10.0 Å². The third-order valence-corrected chi connectivity index (χ3v) is 6.01. The molecule has 6 nitrogen and oxygen atoms in total. The molecule has 1 aliphatic heterocycles. The normalized spacial score (nSPS) is 14.9. The molecule has 7 heteroatoms. The second-order valence-electron chi connectivity index (χ2n) is 7.15. The predicted molar refractivity (Wildman–Crippen MR) is 106 cm³/mol. The van der Waals surface area contributed by atoms with Crippen LogP contribution in [0.5, 0.6) is 5.75 Å². The van der Waals surface area contributed by atoms with Crippen molar-refractivity contribution in [3.05, 3.63) is 52.6 Å². The van der Waals surface area contributed by atoms with E-state index in [1.807, 2.05) is 31.7 Å². The Morgan fingerprint density at radius 1 is 1.19 bits per heavy atom. The predicted octanol–water partition coefficient (Wildman–Crippen LogP) is 2.06. The fraction of sp³-hybridized carbons (Fsp3) is 0.400. The van der Waals surface area contributed by atoms with Crippen LogP contribution in [0.25, 0.3) is 0 Å². The Morgan fingerprint density at radius 2 is 1.89 bits per heavy atom. The average Bonchev–Trinajstić information content (AvgIpc) is 3.00. The van der Waals surface area contributed by atoms with Gasteiger partial charge in [-0.25, -0.2) is 13.6 Å². The number of fused-ring (bicyclic) bond motifs is 1. The van der Waals surface area contributed by atoms with Crippen molar-refractivity contribution in [2.75, 3.05) is 24.6 Å². The zero-order valence-electron chi connectivity index (χ0n) is 15.9. The number of nitrogens with two attached hydrogens (primary N) is 1. The summed E-state index contributed by atoms with van der Waals surface area (Å²) in [6.45, 7) is 7.40. The van der Waals surface area contributed by atoms with Gasteiger partial charge in [-0.3, -0.25) is 0 Å². The number of sulfonamides is 1. The first kappa shape index (κ1) is 19.7. The van der Waals surface area contributed by atoms with E-state index in [0.717, 1.165) is 46.7 Å². The zero-order valence-corrected chi connectivity index (χ0v) is 16.7. The van der Waals surface area contributed by atoms with E-state index in [2.05, 4.69) is 6.07 Å². The molecular formula is C20H26N2O4S. The number of aryl methyl sites for hydroxylation is 2. The van der Waals surface area contributed by atoms with Crippen LogP contribution in [0.4, 0.5) is 5.69 Å². The number of primary sulfonamides is 1. The van der Waals surface area contributed by atoms with Crippen molar-refractivity contribution in [2.45, 2.75) is 38.2 Å². The molecule has 146 valence electrons. The highest BCUT2D eigenvalue weighted by molar-refractivity contribution is 7.89. The number of hydrogen-bond donors (Lipinski definition) is 2. The van der Waals surface area contributed by atoms with Gasteiger partial charge in [0.15, 0.2) is 0 Å². The highest BCUT2D eigenvalue weighted by Gasteiger charge is 2.23. The molecule has 1 atom stereocenters. The number of hydrogen-bond acceptors (Lipinski definition) is 5. The molecular weight excluding hydrogens is 364 g/mol. The monoisotopic (exact) mass is 390 g/mol. The summed E-state index contributed by atoms with van der Waals surface area (Å²) < 4.78 is 28.9. The maximum absolute atomic E-state index is 11.5. The van der Waals surface area contributed by atoms with Crippen LogP contribution in [-0.2, 0) is 16.4 Å². The summed E-state index contributed by atoms with van der Waals surface area (Å²) in [5.74, 6) is 0.827. The van der Waals surface area contributed by atoms with Crippen molar-refractivity contribution < 1.29 is 18.3 Å². The Hall–Kier alpha value is -2.09. The fourth-order valence-corrected chi connectivity index (χ4v) is 4.01. The molecule has 3 N–H and O–H groups in total. The van der Waals surface area contributed by atoms with Gasteiger partial charge in [0.05, 0.1) is 4.90 Å². The van der Waals surface area contributed by atoms with E-state index in [4.69, 9.17) is 9.88 Å². The minimum Gasteiger partial charge on any atom is -0.490 e. The van der Waals surface area contributed by atoms with Gasteiger partial charge >= 0.3 is 0 Å². The summed E-state index contributed by atoms with van der Waals surface area (Å²) in [5, 5.41) is 15.6. The molecule has 0 saturated carbocycles. The van der Waals surface area contributed by atoms with Crippen LogP contribution in [-0.4, -0.2) is 39.3 Å². The van der Waals surface area contributed by atoms with Gasteiger partial charge < -0.3 is 14.7 Å². The molecule has 0 fully saturated rings. The molecule has 0 aromatic heterocycles. The molecule has 1 heterocycles. The standard InChI is InChI=1S/C20H26N2O4S/c1-13-4-5-14(2)20(15(13)3)26-12-17(23)11-22-9-8-16-10-18(27(21,24)25)6-7-19(16)22/h4-7,10,17,23H,8-9,11-12H2,1-3H3,(H2,21,24,25). The summed E-state index contributed by atoms with van der Waals surface area (Å²) in [6.07, 6.45) is 0.0655. The second-order valence-corrected chi connectivity index (χ2v) is 8.71. The van der Waals surface area contributed by atoms with Crippen LogP contribution >= 0.6 is 0 Å². The van der Waals surface area contributed by atoms with Gasteiger partial charge in [-0.1, -0.05) is 12.1 Å². The molecule has 1 unspecified atom stereocenters. The van der Waals surface area contributed by atoms with E-state index in [1.54, 1.807) is 12.1 Å². The lowest BCUT2D eigenvalue weighted by molar-refractivity contribution is 0.112. The van der Waals surface area contributed by atoms with Crippen LogP contribution in [0.15, 0.2) is 35.2 Å². The molecule has 3 rings (SSSR count). The maximum Gasteiger partial charge on any atom is 0.238 e. The van der Waals surface area contributed by atoms with Crippen LogP contribution in [0.3, 0.4) is 0 Å². The molecule has 0 amide bonds. The summed E-state index contributed by atoms with van der Waals surface area (Å²) >= 11 is 0. The van der Waals surface area contributed by atoms with Crippen LogP contribution in [0.2, 0.25) is 0 Å². The minimum absolute atomic E-state index is 0.123. The maximum atomic E-state index is 11.5. The Labute approximate surface area is 160 Å². The van der Waals surface area contributed by atoms with E-state index in [1.165, 1.54) is 6.07 Å². The highest BCUT2D eigenvalue weighted by Crippen LogP contribution is 2.30. The number of aliphatic hydroxyl groups is 1. The number of rotatable bonds is 6. The first-order chi connectivity index (χ1) is 12.7. The van der Waals surface area contributed by atoms with Crippen molar-refractivity contribution in [3.8, 4) is 5.75 Å². The molecule has 2 aromatic rings. The number of nitrogens with zero attached hydrogens (tertiary/aromatic N) is 1. The van der Waals surface area contributed by atoms with Crippen molar-refractivity contribution >= 4 is 15.7 Å². The van der Waals surface area contributed by atoms with Gasteiger partial charge in [-0.05, 0) is 67.6 Å². The van der Waals surface area contributed by atoms with Gasteiger partial charge in [-0.15, -0.1) is 0 Å². The molecule has 0 spiro atoms. The fourth-order valence-electron chi connectivity index (χ4n) is 3.45. The van der Waals surface area contributed by atoms with Crippen LogP contribution in [0, 0.1) is 20.8 Å². The number of ether oxygens (including phenoxy) is 1. The van der Waals surface area contributed by atoms with Gasteiger partial charge in [0, 0.05) is 18.8 Å². The first-order valence-corrected chi connectivity index (χ1v) is 10.5. The van der Waals surface area contributed by atoms with E-state index >= 15 is 0 Å². The van der Waals surface area contributed by atoms with Crippen molar-refractivity contribution in [1.82, 2.24) is 0 Å². The lowest BCUT2D eigenvalue weighted by Gasteiger charge is -2.24. The Balaban J connectivity index is 1.65. The molecule has 2 aromatic carbocycles. The van der Waals surface area contributed by atoms with E-state index in [-0.39, 0.29) is 11.5 Å². The summed E-state index contributed by atoms with van der Waals surface area (Å²) in [7, 11) is -3.70. The van der Waals surface area contributed by atoms with Crippen molar-refractivity contribution in [3.63, 3.8) is 0 Å². The van der Waals surface area contributed by atoms with Gasteiger partial charge in [-0.2, -0.15) is 0 Å². The number of benzene rings is 2. The average molecular weight is 391 g/mol. The van der Waals surface area contributed by atoms with Gasteiger partial charge in [0.25, 0.3) is 0 Å². The lowest BCUT2D eigenvalue weighted by Crippen LogP contribution is -2.34. The smallest absolute Gasteiger partial charge is 0.238 e. The largest absolute Gasteiger partial charge is 0.490 e. The molecule has 27 heavy (non-hydrogen) atoms. The van der Waals surface area contributed by atoms with Crippen LogP contribution in [0.1, 0.15) is 22.3 Å². The van der Waals surface area contributed by atoms with Crippen molar-refractivity contribution in [1.29, 1.82) is 0 Å². The van der Waals surface area contributed by atoms with E-state index in [0.29, 0.717) is 6.54 Å². The SMILES string of the molecule is Cc1ccc(C)c(OCC(O)CN2CCc3cc(S(N)(=O)=O)ccc32)c1C. The molecule has 0 aliphatic carbocycles.